The van der Waals surface area contributed by atoms with E-state index in [9.17, 15) is 14.7 Å². The van der Waals surface area contributed by atoms with Crippen LogP contribution < -0.4 is 15.4 Å². The van der Waals surface area contributed by atoms with Gasteiger partial charge in [0.1, 0.15) is 11.8 Å². The van der Waals surface area contributed by atoms with Crippen molar-refractivity contribution in [3.8, 4) is 5.75 Å². The topological polar surface area (TPSA) is 103 Å². The number of carboxylic acid groups (broad SMARTS) is 1. The van der Waals surface area contributed by atoms with Crippen LogP contribution in [0.5, 0.6) is 5.75 Å². The number of carboxylic acids is 1. The van der Waals surface area contributed by atoms with Crippen LogP contribution >= 0.6 is 0 Å². The molecular weight excluding hydrogens is 430 g/mol. The van der Waals surface area contributed by atoms with Crippen LogP contribution in [0.1, 0.15) is 16.7 Å². The van der Waals surface area contributed by atoms with E-state index in [1.54, 1.807) is 6.07 Å². The number of hydrogen-bond donors (Lipinski definition) is 4. The molecule has 0 saturated heterocycles. The van der Waals surface area contributed by atoms with Crippen molar-refractivity contribution in [2.45, 2.75) is 25.9 Å². The molecule has 1 aromatic heterocycles. The van der Waals surface area contributed by atoms with Gasteiger partial charge in [0, 0.05) is 41.3 Å². The molecular formula is C27H27N3O4. The fourth-order valence-corrected chi connectivity index (χ4v) is 3.77. The summed E-state index contributed by atoms with van der Waals surface area (Å²) in [6.45, 7) is 2.12. The second-order valence-electron chi connectivity index (χ2n) is 8.15. The van der Waals surface area contributed by atoms with Gasteiger partial charge in [-0.25, -0.2) is 0 Å². The van der Waals surface area contributed by atoms with Gasteiger partial charge >= 0.3 is 5.97 Å². The zero-order valence-corrected chi connectivity index (χ0v) is 18.9. The number of para-hydroxylation sites is 2. The van der Waals surface area contributed by atoms with Crippen LogP contribution in [0.4, 0.5) is 5.69 Å². The summed E-state index contributed by atoms with van der Waals surface area (Å²) in [5, 5.41) is 16.7. The average molecular weight is 458 g/mol. The van der Waals surface area contributed by atoms with Crippen molar-refractivity contribution in [2.75, 3.05) is 11.9 Å². The van der Waals surface area contributed by atoms with Gasteiger partial charge in [-0.3, -0.25) is 14.9 Å². The van der Waals surface area contributed by atoms with E-state index in [0.717, 1.165) is 27.6 Å². The van der Waals surface area contributed by atoms with E-state index >= 15 is 0 Å². The highest BCUT2D eigenvalue weighted by Gasteiger charge is 2.20. The second kappa shape index (κ2) is 10.7. The van der Waals surface area contributed by atoms with Crippen LogP contribution in [0.2, 0.25) is 0 Å². The maximum atomic E-state index is 12.3. The van der Waals surface area contributed by atoms with E-state index in [1.165, 1.54) is 0 Å². The molecule has 7 heteroatoms. The number of amides is 1. The smallest absolute Gasteiger partial charge is 0.321 e. The predicted molar refractivity (Wildman–Crippen MR) is 132 cm³/mol. The van der Waals surface area contributed by atoms with Gasteiger partial charge < -0.3 is 20.1 Å². The summed E-state index contributed by atoms with van der Waals surface area (Å²) in [5.41, 5.74) is 4.50. The predicted octanol–water partition coefficient (Wildman–Crippen LogP) is 4.28. The summed E-state index contributed by atoms with van der Waals surface area (Å²) in [5.74, 6) is -0.666. The Labute approximate surface area is 197 Å². The summed E-state index contributed by atoms with van der Waals surface area (Å²) in [6, 6.07) is 21.8. The lowest BCUT2D eigenvalue weighted by Gasteiger charge is -2.16. The van der Waals surface area contributed by atoms with Crippen molar-refractivity contribution in [1.29, 1.82) is 0 Å². The number of aromatic nitrogens is 1. The van der Waals surface area contributed by atoms with E-state index in [0.29, 0.717) is 17.9 Å². The number of carbonyl (C=O) groups excluding carboxylic acids is 1. The molecule has 0 aliphatic heterocycles. The lowest BCUT2D eigenvalue weighted by Crippen LogP contribution is -2.38. The molecule has 0 radical (unpaired) electrons. The fraction of sp³-hybridized carbons (Fsp3) is 0.185. The number of fused-ring (bicyclic) bond motifs is 1. The molecule has 34 heavy (non-hydrogen) atoms. The molecule has 0 bridgehead atoms. The number of rotatable bonds is 10. The van der Waals surface area contributed by atoms with Gasteiger partial charge in [0.2, 0.25) is 0 Å². The quantitative estimate of drug-likeness (QED) is 0.285. The summed E-state index contributed by atoms with van der Waals surface area (Å²) >= 11 is 0. The van der Waals surface area contributed by atoms with Crippen LogP contribution in [-0.2, 0) is 22.6 Å². The molecule has 4 aromatic rings. The van der Waals surface area contributed by atoms with Crippen LogP contribution in [0, 0.1) is 6.92 Å². The molecule has 0 saturated carbocycles. The third kappa shape index (κ3) is 5.82. The number of anilines is 1. The van der Waals surface area contributed by atoms with Crippen molar-refractivity contribution in [3.05, 3.63) is 95.7 Å². The molecule has 1 atom stereocenters. The number of H-pyrrole nitrogens is 1. The molecule has 3 aromatic carbocycles. The number of nitrogens with one attached hydrogen (secondary N) is 3. The van der Waals surface area contributed by atoms with Crippen molar-refractivity contribution in [1.82, 2.24) is 10.3 Å². The van der Waals surface area contributed by atoms with Gasteiger partial charge in [-0.05, 0) is 36.8 Å². The third-order valence-corrected chi connectivity index (χ3v) is 5.60. The number of aliphatic carboxylic acids is 1. The van der Waals surface area contributed by atoms with Crippen molar-refractivity contribution in [3.63, 3.8) is 0 Å². The van der Waals surface area contributed by atoms with Crippen LogP contribution in [0.3, 0.4) is 0 Å². The third-order valence-electron chi connectivity index (χ3n) is 5.60. The molecule has 1 heterocycles. The number of benzene rings is 3. The molecule has 4 rings (SSSR count). The number of carbonyl (C=O) groups is 2. The Balaban J connectivity index is 1.37. The fourth-order valence-electron chi connectivity index (χ4n) is 3.77. The number of aryl methyl sites for hydroxylation is 1. The minimum absolute atomic E-state index is 0.150. The van der Waals surface area contributed by atoms with E-state index in [2.05, 4.69) is 15.6 Å². The molecule has 1 amide bonds. The number of ether oxygens (including phenoxy) is 1. The van der Waals surface area contributed by atoms with Crippen LogP contribution in [0.25, 0.3) is 10.9 Å². The highest BCUT2D eigenvalue weighted by molar-refractivity contribution is 5.91. The van der Waals surface area contributed by atoms with Crippen molar-refractivity contribution in [2.24, 2.45) is 0 Å². The van der Waals surface area contributed by atoms with Gasteiger partial charge in [0.05, 0.1) is 0 Å². The molecule has 0 aliphatic carbocycles. The number of hydrogen-bond acceptors (Lipinski definition) is 4. The minimum Gasteiger partial charge on any atom is -0.483 e. The zero-order valence-electron chi connectivity index (χ0n) is 18.9. The maximum absolute atomic E-state index is 12.3. The first-order valence-corrected chi connectivity index (χ1v) is 11.1. The van der Waals surface area contributed by atoms with Crippen LogP contribution in [0.15, 0.2) is 79.0 Å². The average Bonchev–Trinajstić information content (AvgIpc) is 3.25. The first-order chi connectivity index (χ1) is 16.5. The number of aromatic amines is 1. The Hall–Kier alpha value is -4.10. The Morgan fingerprint density at radius 1 is 0.971 bits per heavy atom. The Kier molecular flexibility index (Phi) is 7.25. The molecule has 0 spiro atoms. The van der Waals surface area contributed by atoms with Crippen molar-refractivity contribution < 1.29 is 19.4 Å². The maximum Gasteiger partial charge on any atom is 0.321 e. The monoisotopic (exact) mass is 457 g/mol. The molecule has 0 fully saturated rings. The SMILES string of the molecule is Cc1ccc(NC(=O)COc2ccccc2CN[C@H](Cc2c[nH]c3ccccc23)C(=O)O)cc1. The Morgan fingerprint density at radius 2 is 1.71 bits per heavy atom. The van der Waals surface area contributed by atoms with Gasteiger partial charge in [0.25, 0.3) is 5.91 Å². The molecule has 4 N–H and O–H groups in total. The largest absolute Gasteiger partial charge is 0.483 e. The first kappa shape index (κ1) is 23.1. The molecule has 0 aliphatic rings. The van der Waals surface area contributed by atoms with Gasteiger partial charge in [-0.15, -0.1) is 0 Å². The normalized spacial score (nSPS) is 11.8. The second-order valence-corrected chi connectivity index (χ2v) is 8.15. The van der Waals surface area contributed by atoms with E-state index in [1.807, 2.05) is 79.9 Å². The van der Waals surface area contributed by atoms with E-state index in [4.69, 9.17) is 4.74 Å². The standard InChI is InChI=1S/C27H27N3O4/c1-18-10-12-21(13-11-18)30-26(31)17-34-25-9-5-2-6-19(25)15-29-24(27(32)33)14-20-16-28-23-8-4-3-7-22(20)23/h2-13,16,24,28-29H,14-15,17H2,1H3,(H,30,31)(H,32,33)/t24-/m1/s1. The highest BCUT2D eigenvalue weighted by atomic mass is 16.5. The van der Waals surface area contributed by atoms with Crippen LogP contribution in [-0.4, -0.2) is 34.6 Å². The Morgan fingerprint density at radius 3 is 2.50 bits per heavy atom. The Bertz CT molecular complexity index is 1280. The summed E-state index contributed by atoms with van der Waals surface area (Å²) in [4.78, 5) is 27.4. The zero-order chi connectivity index (χ0) is 23.9. The van der Waals surface area contributed by atoms with Gasteiger partial charge in [-0.1, -0.05) is 54.1 Å². The minimum atomic E-state index is -0.929. The lowest BCUT2D eigenvalue weighted by molar-refractivity contribution is -0.139. The van der Waals surface area contributed by atoms with Crippen molar-refractivity contribution >= 4 is 28.5 Å². The van der Waals surface area contributed by atoms with Gasteiger partial charge in [0.15, 0.2) is 6.61 Å². The van der Waals surface area contributed by atoms with Gasteiger partial charge in [-0.2, -0.15) is 0 Å². The van der Waals surface area contributed by atoms with E-state index in [-0.39, 0.29) is 19.1 Å². The van der Waals surface area contributed by atoms with E-state index < -0.39 is 12.0 Å². The highest BCUT2D eigenvalue weighted by Crippen LogP contribution is 2.21. The first-order valence-electron chi connectivity index (χ1n) is 11.1. The molecule has 0 unspecified atom stereocenters. The lowest BCUT2D eigenvalue weighted by atomic mass is 10.0. The summed E-state index contributed by atoms with van der Waals surface area (Å²) < 4.78 is 5.75. The summed E-state index contributed by atoms with van der Waals surface area (Å²) in [6.07, 6.45) is 2.19. The summed E-state index contributed by atoms with van der Waals surface area (Å²) in [7, 11) is 0. The molecule has 174 valence electrons. The molecule has 7 nitrogen and oxygen atoms in total.